The van der Waals surface area contributed by atoms with Crippen molar-refractivity contribution in [2.24, 2.45) is 0 Å². The second kappa shape index (κ2) is 5.98. The van der Waals surface area contributed by atoms with Gasteiger partial charge in [0.15, 0.2) is 0 Å². The monoisotopic (exact) mass is 301 g/mol. The number of nitrogens with zero attached hydrogens (tertiary/aromatic N) is 1. The summed E-state index contributed by atoms with van der Waals surface area (Å²) in [4.78, 5) is 11.2. The van der Waals surface area contributed by atoms with E-state index in [4.69, 9.17) is 11.6 Å². The Morgan fingerprint density at radius 3 is 2.70 bits per heavy atom. The van der Waals surface area contributed by atoms with E-state index in [9.17, 15) is 18.7 Å². The van der Waals surface area contributed by atoms with Crippen molar-refractivity contribution in [1.82, 2.24) is 10.2 Å². The molecule has 106 valence electrons. The van der Waals surface area contributed by atoms with Gasteiger partial charge in [0.2, 0.25) is 0 Å². The fourth-order valence-electron chi connectivity index (χ4n) is 1.64. The van der Waals surface area contributed by atoms with Gasteiger partial charge in [0.1, 0.15) is 22.8 Å². The number of benzene rings is 1. The van der Waals surface area contributed by atoms with Gasteiger partial charge in [-0.2, -0.15) is 5.10 Å². The first kappa shape index (κ1) is 14.4. The number of hydrogen-bond acceptors (Lipinski definition) is 4. The molecule has 0 aliphatic carbocycles. The van der Waals surface area contributed by atoms with Crippen LogP contribution in [0.2, 0.25) is 5.02 Å². The molecule has 1 aromatic carbocycles. The van der Waals surface area contributed by atoms with Crippen molar-refractivity contribution in [3.8, 4) is 0 Å². The summed E-state index contributed by atoms with van der Waals surface area (Å²) in [5.74, 6) is -1.70. The zero-order valence-corrected chi connectivity index (χ0v) is 10.8. The third-order valence-electron chi connectivity index (χ3n) is 2.61. The molecule has 0 radical (unpaired) electrons. The number of H-pyrrole nitrogens is 1. The second-order valence-electron chi connectivity index (χ2n) is 3.96. The van der Waals surface area contributed by atoms with Gasteiger partial charge in [-0.15, -0.1) is 0 Å². The summed E-state index contributed by atoms with van der Waals surface area (Å²) in [5.41, 5.74) is -0.900. The van der Waals surface area contributed by atoms with E-state index in [-0.39, 0.29) is 17.3 Å². The van der Waals surface area contributed by atoms with Crippen molar-refractivity contribution < 1.29 is 13.9 Å². The highest BCUT2D eigenvalue weighted by atomic mass is 35.5. The van der Waals surface area contributed by atoms with E-state index in [2.05, 4.69) is 15.5 Å². The molecule has 0 amide bonds. The lowest BCUT2D eigenvalue weighted by Gasteiger charge is -2.14. The van der Waals surface area contributed by atoms with E-state index in [0.717, 1.165) is 12.1 Å². The van der Waals surface area contributed by atoms with Gasteiger partial charge in [0.05, 0.1) is 17.4 Å². The summed E-state index contributed by atoms with van der Waals surface area (Å²) in [6.45, 7) is -0.233. The maximum Gasteiger partial charge on any atom is 0.285 e. The molecule has 1 heterocycles. The molecule has 0 bridgehead atoms. The molecule has 1 unspecified atom stereocenters. The molecule has 0 aliphatic heterocycles. The van der Waals surface area contributed by atoms with Gasteiger partial charge in [-0.05, 0) is 12.1 Å². The maximum atomic E-state index is 13.4. The minimum atomic E-state index is -1.44. The fraction of sp³-hybridized carbons (Fsp3) is 0.167. The summed E-state index contributed by atoms with van der Waals surface area (Å²) >= 11 is 5.71. The molecule has 1 aromatic heterocycles. The van der Waals surface area contributed by atoms with Crippen LogP contribution in [0.1, 0.15) is 11.7 Å². The lowest BCUT2D eigenvalue weighted by atomic mass is 10.1. The average Bonchev–Trinajstić information content (AvgIpc) is 2.40. The molecule has 0 saturated heterocycles. The van der Waals surface area contributed by atoms with Crippen LogP contribution < -0.4 is 10.9 Å². The number of hydrogen-bond donors (Lipinski definition) is 3. The van der Waals surface area contributed by atoms with E-state index in [1.54, 1.807) is 0 Å². The van der Waals surface area contributed by atoms with Gasteiger partial charge >= 0.3 is 0 Å². The Morgan fingerprint density at radius 1 is 1.40 bits per heavy atom. The molecule has 0 spiro atoms. The SMILES string of the molecule is O=c1[nH]ncc(NCC(O)c2c(F)cccc2F)c1Cl. The Hall–Kier alpha value is -1.99. The third-order valence-corrected chi connectivity index (χ3v) is 2.99. The Labute approximate surface area is 117 Å². The third kappa shape index (κ3) is 2.94. The number of rotatable bonds is 4. The van der Waals surface area contributed by atoms with Crippen LogP contribution in [-0.4, -0.2) is 21.8 Å². The smallest absolute Gasteiger partial charge is 0.285 e. The highest BCUT2D eigenvalue weighted by Gasteiger charge is 2.18. The van der Waals surface area contributed by atoms with Crippen molar-refractivity contribution in [2.45, 2.75) is 6.10 Å². The van der Waals surface area contributed by atoms with Crippen LogP contribution in [-0.2, 0) is 0 Å². The molecule has 1 atom stereocenters. The van der Waals surface area contributed by atoms with E-state index in [1.165, 1.54) is 12.3 Å². The summed E-state index contributed by atoms with van der Waals surface area (Å²) in [5, 5.41) is 17.9. The fourth-order valence-corrected chi connectivity index (χ4v) is 1.80. The minimum absolute atomic E-state index is 0.152. The number of aliphatic hydroxyl groups is 1. The van der Waals surface area contributed by atoms with Crippen molar-refractivity contribution in [2.75, 3.05) is 11.9 Å². The van der Waals surface area contributed by atoms with Crippen LogP contribution in [0.15, 0.2) is 29.2 Å². The summed E-state index contributed by atoms with van der Waals surface area (Å²) in [6, 6.07) is 3.29. The number of aliphatic hydroxyl groups excluding tert-OH is 1. The Balaban J connectivity index is 2.15. The molecule has 2 rings (SSSR count). The molecule has 3 N–H and O–H groups in total. The summed E-state index contributed by atoms with van der Waals surface area (Å²) in [7, 11) is 0. The molecule has 0 fully saturated rings. The van der Waals surface area contributed by atoms with Gasteiger partial charge in [-0.3, -0.25) is 4.79 Å². The highest BCUT2D eigenvalue weighted by molar-refractivity contribution is 6.32. The first-order valence-electron chi connectivity index (χ1n) is 5.59. The molecule has 0 aliphatic rings. The quantitative estimate of drug-likeness (QED) is 0.805. The van der Waals surface area contributed by atoms with Crippen LogP contribution in [0.25, 0.3) is 0 Å². The first-order chi connectivity index (χ1) is 9.50. The molecule has 8 heteroatoms. The normalized spacial score (nSPS) is 12.2. The predicted molar refractivity (Wildman–Crippen MR) is 69.7 cm³/mol. The lowest BCUT2D eigenvalue weighted by Crippen LogP contribution is -2.18. The molecule has 5 nitrogen and oxygen atoms in total. The minimum Gasteiger partial charge on any atom is -0.386 e. The molecule has 2 aromatic rings. The van der Waals surface area contributed by atoms with Gasteiger partial charge < -0.3 is 10.4 Å². The van der Waals surface area contributed by atoms with Crippen LogP contribution in [0, 0.1) is 11.6 Å². The van der Waals surface area contributed by atoms with E-state index < -0.39 is 28.9 Å². The Kier molecular flexibility index (Phi) is 4.31. The topological polar surface area (TPSA) is 78.0 Å². The number of aromatic amines is 1. The zero-order chi connectivity index (χ0) is 14.7. The average molecular weight is 302 g/mol. The van der Waals surface area contributed by atoms with Gasteiger partial charge in [-0.25, -0.2) is 13.9 Å². The highest BCUT2D eigenvalue weighted by Crippen LogP contribution is 2.22. The van der Waals surface area contributed by atoms with Crippen molar-refractivity contribution in [3.05, 3.63) is 57.0 Å². The van der Waals surface area contributed by atoms with Gasteiger partial charge in [-0.1, -0.05) is 17.7 Å². The lowest BCUT2D eigenvalue weighted by molar-refractivity contribution is 0.181. The van der Waals surface area contributed by atoms with E-state index >= 15 is 0 Å². The number of nitrogens with one attached hydrogen (secondary N) is 2. The number of aromatic nitrogens is 2. The first-order valence-corrected chi connectivity index (χ1v) is 5.97. The van der Waals surface area contributed by atoms with Gasteiger partial charge in [0, 0.05) is 6.54 Å². The van der Waals surface area contributed by atoms with Crippen LogP contribution in [0.4, 0.5) is 14.5 Å². The molecular formula is C12H10ClF2N3O2. The predicted octanol–water partition coefficient (Wildman–Crippen LogP) is 1.85. The van der Waals surface area contributed by atoms with Crippen molar-refractivity contribution >= 4 is 17.3 Å². The summed E-state index contributed by atoms with van der Waals surface area (Å²) < 4.78 is 26.9. The number of halogens is 3. The zero-order valence-electron chi connectivity index (χ0n) is 10.0. The Bertz CT molecular complexity index is 658. The second-order valence-corrected chi connectivity index (χ2v) is 4.34. The maximum absolute atomic E-state index is 13.4. The van der Waals surface area contributed by atoms with E-state index in [1.807, 2.05) is 0 Å². The molecular weight excluding hydrogens is 292 g/mol. The van der Waals surface area contributed by atoms with Crippen molar-refractivity contribution in [1.29, 1.82) is 0 Å². The van der Waals surface area contributed by atoms with Crippen molar-refractivity contribution in [3.63, 3.8) is 0 Å². The van der Waals surface area contributed by atoms with Crippen LogP contribution in [0.5, 0.6) is 0 Å². The largest absolute Gasteiger partial charge is 0.386 e. The molecule has 20 heavy (non-hydrogen) atoms. The van der Waals surface area contributed by atoms with Crippen LogP contribution in [0.3, 0.4) is 0 Å². The number of anilines is 1. The van der Waals surface area contributed by atoms with Crippen LogP contribution >= 0.6 is 11.6 Å². The summed E-state index contributed by atoms with van der Waals surface area (Å²) in [6.07, 6.45) is -0.208. The van der Waals surface area contributed by atoms with E-state index in [0.29, 0.717) is 0 Å². The Morgan fingerprint density at radius 2 is 2.05 bits per heavy atom. The standard InChI is InChI=1S/C12H10ClF2N3O2/c13-11-8(4-17-18-12(11)20)16-5-9(19)10-6(14)2-1-3-7(10)15/h1-4,9,19H,5H2,(H2,16,18,20). The molecule has 0 saturated carbocycles. The van der Waals surface area contributed by atoms with Gasteiger partial charge in [0.25, 0.3) is 5.56 Å².